The van der Waals surface area contributed by atoms with Crippen LogP contribution in [0.2, 0.25) is 0 Å². The molecule has 0 aliphatic heterocycles. The summed E-state index contributed by atoms with van der Waals surface area (Å²) < 4.78 is 4.75. The first-order valence-electron chi connectivity index (χ1n) is 6.97. The number of hydrogen-bond donors (Lipinski definition) is 3. The van der Waals surface area contributed by atoms with Gasteiger partial charge in [0, 0.05) is 30.9 Å². The SMILES string of the molecule is CCNCC(C)C(=O)Nc1cccc(NC(=O)COC)c1. The van der Waals surface area contributed by atoms with Crippen LogP contribution in [0.3, 0.4) is 0 Å². The number of benzene rings is 1. The Kier molecular flexibility index (Phi) is 7.42. The second kappa shape index (κ2) is 9.10. The van der Waals surface area contributed by atoms with Crippen molar-refractivity contribution in [1.29, 1.82) is 0 Å². The maximum atomic E-state index is 12.0. The van der Waals surface area contributed by atoms with Crippen molar-refractivity contribution in [3.05, 3.63) is 24.3 Å². The van der Waals surface area contributed by atoms with Gasteiger partial charge in [0.1, 0.15) is 6.61 Å². The molecule has 0 radical (unpaired) electrons. The van der Waals surface area contributed by atoms with Crippen molar-refractivity contribution in [3.8, 4) is 0 Å². The largest absolute Gasteiger partial charge is 0.375 e. The lowest BCUT2D eigenvalue weighted by Gasteiger charge is -2.13. The van der Waals surface area contributed by atoms with E-state index in [9.17, 15) is 9.59 Å². The number of carbonyl (C=O) groups excluding carboxylic acids is 2. The molecule has 0 saturated carbocycles. The molecule has 0 spiro atoms. The number of rotatable bonds is 8. The van der Waals surface area contributed by atoms with Crippen LogP contribution in [0.15, 0.2) is 24.3 Å². The van der Waals surface area contributed by atoms with E-state index in [4.69, 9.17) is 4.74 Å². The third-order valence-corrected chi connectivity index (χ3v) is 2.84. The Morgan fingerprint density at radius 1 is 1.24 bits per heavy atom. The van der Waals surface area contributed by atoms with Gasteiger partial charge in [-0.1, -0.05) is 19.9 Å². The van der Waals surface area contributed by atoms with Gasteiger partial charge in [-0.3, -0.25) is 9.59 Å². The van der Waals surface area contributed by atoms with Gasteiger partial charge < -0.3 is 20.7 Å². The van der Waals surface area contributed by atoms with Crippen LogP contribution in [-0.4, -0.2) is 38.6 Å². The van der Waals surface area contributed by atoms with E-state index in [1.807, 2.05) is 13.8 Å². The summed E-state index contributed by atoms with van der Waals surface area (Å²) in [5.41, 5.74) is 1.27. The van der Waals surface area contributed by atoms with Gasteiger partial charge in [-0.2, -0.15) is 0 Å². The van der Waals surface area contributed by atoms with E-state index >= 15 is 0 Å². The molecule has 3 N–H and O–H groups in total. The highest BCUT2D eigenvalue weighted by Crippen LogP contribution is 2.15. The third-order valence-electron chi connectivity index (χ3n) is 2.84. The molecule has 0 bridgehead atoms. The van der Waals surface area contributed by atoms with Crippen molar-refractivity contribution >= 4 is 23.2 Å². The summed E-state index contributed by atoms with van der Waals surface area (Å²) in [4.78, 5) is 23.4. The smallest absolute Gasteiger partial charge is 0.250 e. The molecule has 6 nitrogen and oxygen atoms in total. The lowest BCUT2D eigenvalue weighted by atomic mass is 10.1. The second-order valence-electron chi connectivity index (χ2n) is 4.76. The summed E-state index contributed by atoms with van der Waals surface area (Å²) in [5.74, 6) is -0.422. The predicted octanol–water partition coefficient (Wildman–Crippen LogP) is 1.46. The van der Waals surface area contributed by atoms with Crippen LogP contribution in [0.25, 0.3) is 0 Å². The Morgan fingerprint density at radius 3 is 2.52 bits per heavy atom. The summed E-state index contributed by atoms with van der Waals surface area (Å²) in [6, 6.07) is 7.02. The van der Waals surface area contributed by atoms with E-state index in [1.54, 1.807) is 24.3 Å². The quantitative estimate of drug-likeness (QED) is 0.678. The van der Waals surface area contributed by atoms with E-state index in [-0.39, 0.29) is 24.3 Å². The molecule has 0 aliphatic carbocycles. The number of hydrogen-bond acceptors (Lipinski definition) is 4. The molecule has 2 amide bonds. The zero-order chi connectivity index (χ0) is 15.7. The highest BCUT2D eigenvalue weighted by molar-refractivity contribution is 5.95. The van der Waals surface area contributed by atoms with Crippen molar-refractivity contribution in [3.63, 3.8) is 0 Å². The van der Waals surface area contributed by atoms with Crippen molar-refractivity contribution in [2.24, 2.45) is 5.92 Å². The molecule has 1 rings (SSSR count). The Hall–Kier alpha value is -1.92. The van der Waals surface area contributed by atoms with Crippen molar-refractivity contribution in [1.82, 2.24) is 5.32 Å². The van der Waals surface area contributed by atoms with Gasteiger partial charge >= 0.3 is 0 Å². The molecule has 0 fully saturated rings. The summed E-state index contributed by atoms with van der Waals surface area (Å²) in [6.45, 7) is 5.32. The van der Waals surface area contributed by atoms with Gasteiger partial charge in [0.05, 0.1) is 0 Å². The number of amides is 2. The van der Waals surface area contributed by atoms with E-state index in [0.717, 1.165) is 6.54 Å². The molecule has 1 atom stereocenters. The van der Waals surface area contributed by atoms with Gasteiger partial charge in [0.25, 0.3) is 0 Å². The lowest BCUT2D eigenvalue weighted by Crippen LogP contribution is -2.30. The number of ether oxygens (including phenoxy) is 1. The molecule has 1 aromatic rings. The van der Waals surface area contributed by atoms with Crippen molar-refractivity contribution in [2.45, 2.75) is 13.8 Å². The minimum absolute atomic E-state index is 0.00366. The first-order valence-corrected chi connectivity index (χ1v) is 6.97. The summed E-state index contributed by atoms with van der Waals surface area (Å²) >= 11 is 0. The fraction of sp³-hybridized carbons (Fsp3) is 0.467. The molecular formula is C15H23N3O3. The minimum atomic E-state index is -0.235. The molecule has 1 aromatic carbocycles. The first kappa shape index (κ1) is 17.1. The second-order valence-corrected chi connectivity index (χ2v) is 4.76. The van der Waals surface area contributed by atoms with Crippen LogP contribution in [0.5, 0.6) is 0 Å². The van der Waals surface area contributed by atoms with E-state index in [2.05, 4.69) is 16.0 Å². The summed E-state index contributed by atoms with van der Waals surface area (Å²) in [5, 5.41) is 8.66. The van der Waals surface area contributed by atoms with Gasteiger partial charge in [0.15, 0.2) is 0 Å². The molecule has 21 heavy (non-hydrogen) atoms. The highest BCUT2D eigenvalue weighted by Gasteiger charge is 2.12. The van der Waals surface area contributed by atoms with Crippen LogP contribution >= 0.6 is 0 Å². The summed E-state index contributed by atoms with van der Waals surface area (Å²) in [6.07, 6.45) is 0. The number of nitrogens with one attached hydrogen (secondary N) is 3. The van der Waals surface area contributed by atoms with Crippen LogP contribution in [-0.2, 0) is 14.3 Å². The van der Waals surface area contributed by atoms with Crippen LogP contribution in [0.1, 0.15) is 13.8 Å². The van der Waals surface area contributed by atoms with Crippen LogP contribution in [0, 0.1) is 5.92 Å². The maximum Gasteiger partial charge on any atom is 0.250 e. The maximum absolute atomic E-state index is 12.0. The standard InChI is InChI=1S/C15H23N3O3/c1-4-16-9-11(2)15(20)18-13-7-5-6-12(8-13)17-14(19)10-21-3/h5-8,11,16H,4,9-10H2,1-3H3,(H,17,19)(H,18,20). The van der Waals surface area contributed by atoms with Crippen LogP contribution in [0.4, 0.5) is 11.4 Å². The van der Waals surface area contributed by atoms with Crippen molar-refractivity contribution in [2.75, 3.05) is 37.4 Å². The van der Waals surface area contributed by atoms with E-state index < -0.39 is 0 Å². The fourth-order valence-electron chi connectivity index (χ4n) is 1.72. The predicted molar refractivity (Wildman–Crippen MR) is 83.3 cm³/mol. The molecule has 0 heterocycles. The molecule has 6 heteroatoms. The number of carbonyl (C=O) groups is 2. The van der Waals surface area contributed by atoms with Crippen LogP contribution < -0.4 is 16.0 Å². The van der Waals surface area contributed by atoms with Gasteiger partial charge in [-0.15, -0.1) is 0 Å². The van der Waals surface area contributed by atoms with E-state index in [0.29, 0.717) is 17.9 Å². The summed E-state index contributed by atoms with van der Waals surface area (Å²) in [7, 11) is 1.46. The normalized spacial score (nSPS) is 11.8. The Morgan fingerprint density at radius 2 is 1.90 bits per heavy atom. The Labute approximate surface area is 125 Å². The zero-order valence-electron chi connectivity index (χ0n) is 12.7. The average molecular weight is 293 g/mol. The first-order chi connectivity index (χ1) is 10.1. The monoisotopic (exact) mass is 293 g/mol. The minimum Gasteiger partial charge on any atom is -0.375 e. The molecule has 116 valence electrons. The molecular weight excluding hydrogens is 270 g/mol. The zero-order valence-corrected chi connectivity index (χ0v) is 12.7. The van der Waals surface area contributed by atoms with Gasteiger partial charge in [-0.25, -0.2) is 0 Å². The number of anilines is 2. The van der Waals surface area contributed by atoms with Gasteiger partial charge in [0.2, 0.25) is 11.8 Å². The third kappa shape index (κ3) is 6.37. The molecule has 1 unspecified atom stereocenters. The van der Waals surface area contributed by atoms with Crippen molar-refractivity contribution < 1.29 is 14.3 Å². The Balaban J connectivity index is 2.59. The molecule has 0 aromatic heterocycles. The molecule has 0 saturated heterocycles. The Bertz CT molecular complexity index is 477. The number of methoxy groups -OCH3 is 1. The highest BCUT2D eigenvalue weighted by atomic mass is 16.5. The topological polar surface area (TPSA) is 79.5 Å². The van der Waals surface area contributed by atoms with E-state index in [1.165, 1.54) is 7.11 Å². The molecule has 0 aliphatic rings. The fourth-order valence-corrected chi connectivity index (χ4v) is 1.72. The lowest BCUT2D eigenvalue weighted by molar-refractivity contribution is -0.120. The average Bonchev–Trinajstić information content (AvgIpc) is 2.45. The van der Waals surface area contributed by atoms with Gasteiger partial charge in [-0.05, 0) is 24.7 Å².